The fourth-order valence-corrected chi connectivity index (χ4v) is 2.70. The first-order valence-corrected chi connectivity index (χ1v) is 7.51. The largest absolute Gasteiger partial charge is 0.292 e. The zero-order valence-electron chi connectivity index (χ0n) is 11.6. The van der Waals surface area contributed by atoms with Gasteiger partial charge >= 0.3 is 0 Å². The maximum atomic E-state index is 12.0. The van der Waals surface area contributed by atoms with Crippen LogP contribution in [0.4, 0.5) is 0 Å². The van der Waals surface area contributed by atoms with E-state index in [1.807, 2.05) is 29.2 Å². The molecule has 0 unspecified atom stereocenters. The lowest BCUT2D eigenvalue weighted by Crippen LogP contribution is -2.09. The van der Waals surface area contributed by atoms with Gasteiger partial charge in [-0.1, -0.05) is 13.8 Å². The van der Waals surface area contributed by atoms with Gasteiger partial charge in [-0.2, -0.15) is 5.10 Å². The average Bonchev–Trinajstić information content (AvgIpc) is 3.00. The van der Waals surface area contributed by atoms with E-state index in [-0.39, 0.29) is 5.78 Å². The van der Waals surface area contributed by atoms with Gasteiger partial charge in [-0.05, 0) is 25.8 Å². The monoisotopic (exact) mass is 277 g/mol. The summed E-state index contributed by atoms with van der Waals surface area (Å²) < 4.78 is 1.97. The topological polar surface area (TPSA) is 47.8 Å². The Hall–Kier alpha value is -1.49. The zero-order valence-corrected chi connectivity index (χ0v) is 12.4. The number of thiazole rings is 1. The molecule has 0 aromatic carbocycles. The Morgan fingerprint density at radius 3 is 2.74 bits per heavy atom. The van der Waals surface area contributed by atoms with Crippen molar-refractivity contribution in [1.82, 2.24) is 14.8 Å². The van der Waals surface area contributed by atoms with Gasteiger partial charge in [0.25, 0.3) is 0 Å². The van der Waals surface area contributed by atoms with E-state index in [1.54, 1.807) is 0 Å². The fourth-order valence-electron chi connectivity index (χ4n) is 2.08. The molecule has 0 aliphatic heterocycles. The Labute approximate surface area is 117 Å². The van der Waals surface area contributed by atoms with Gasteiger partial charge in [0, 0.05) is 11.6 Å². The molecule has 0 aliphatic rings. The van der Waals surface area contributed by atoms with Gasteiger partial charge in [-0.3, -0.25) is 9.48 Å². The number of aromatic nitrogens is 3. The Morgan fingerprint density at radius 2 is 2.16 bits per heavy atom. The van der Waals surface area contributed by atoms with E-state index in [2.05, 4.69) is 23.9 Å². The number of rotatable bonds is 6. The molecule has 0 atom stereocenters. The Bertz CT molecular complexity index is 555. The molecule has 2 aromatic heterocycles. The van der Waals surface area contributed by atoms with Crippen LogP contribution >= 0.6 is 11.3 Å². The van der Waals surface area contributed by atoms with Crippen molar-refractivity contribution in [2.45, 2.75) is 46.1 Å². The standard InChI is InChI=1S/C14H19N3OS/c1-4-12(5-2)17-7-6-11(16-17)8-14(18)13-9-19-10(3)15-13/h6-7,9,12H,4-5,8H2,1-3H3. The Kier molecular flexibility index (Phi) is 4.47. The number of nitrogens with zero attached hydrogens (tertiary/aromatic N) is 3. The summed E-state index contributed by atoms with van der Waals surface area (Å²) in [5.74, 6) is 0.0409. The normalized spacial score (nSPS) is 11.2. The SMILES string of the molecule is CCC(CC)n1ccc(CC(=O)c2csc(C)n2)n1. The van der Waals surface area contributed by atoms with Crippen molar-refractivity contribution in [3.05, 3.63) is 34.0 Å². The summed E-state index contributed by atoms with van der Waals surface area (Å²) in [7, 11) is 0. The van der Waals surface area contributed by atoms with E-state index in [9.17, 15) is 4.79 Å². The van der Waals surface area contributed by atoms with Crippen molar-refractivity contribution >= 4 is 17.1 Å². The summed E-state index contributed by atoms with van der Waals surface area (Å²) in [4.78, 5) is 16.3. The number of ketones is 1. The predicted molar refractivity (Wildman–Crippen MR) is 76.7 cm³/mol. The highest BCUT2D eigenvalue weighted by molar-refractivity contribution is 7.09. The highest BCUT2D eigenvalue weighted by Crippen LogP contribution is 2.16. The van der Waals surface area contributed by atoms with Crippen molar-refractivity contribution < 1.29 is 4.79 Å². The number of carbonyl (C=O) groups excluding carboxylic acids is 1. The second-order valence-electron chi connectivity index (χ2n) is 4.61. The molecule has 0 fully saturated rings. The third kappa shape index (κ3) is 3.29. The van der Waals surface area contributed by atoms with Gasteiger partial charge in [0.05, 0.1) is 23.2 Å². The molecule has 0 N–H and O–H groups in total. The van der Waals surface area contributed by atoms with Crippen LogP contribution in [-0.4, -0.2) is 20.5 Å². The molecule has 4 nitrogen and oxygen atoms in total. The molecule has 0 saturated carbocycles. The van der Waals surface area contributed by atoms with Crippen LogP contribution in [0.1, 0.15) is 53.9 Å². The van der Waals surface area contributed by atoms with Crippen LogP contribution in [0, 0.1) is 6.92 Å². The first-order chi connectivity index (χ1) is 9.13. The van der Waals surface area contributed by atoms with Crippen molar-refractivity contribution in [1.29, 1.82) is 0 Å². The number of aryl methyl sites for hydroxylation is 1. The molecule has 0 aliphatic carbocycles. The van der Waals surface area contributed by atoms with E-state index < -0.39 is 0 Å². The van der Waals surface area contributed by atoms with Crippen molar-refractivity contribution in [3.63, 3.8) is 0 Å². The maximum absolute atomic E-state index is 12.0. The number of carbonyl (C=O) groups is 1. The minimum absolute atomic E-state index is 0.0409. The van der Waals surface area contributed by atoms with Gasteiger partial charge in [0.15, 0.2) is 5.78 Å². The van der Waals surface area contributed by atoms with E-state index in [1.165, 1.54) is 11.3 Å². The summed E-state index contributed by atoms with van der Waals surface area (Å²) in [6, 6.07) is 2.35. The molecule has 0 amide bonds. The summed E-state index contributed by atoms with van der Waals surface area (Å²) in [5, 5.41) is 7.23. The number of Topliss-reactive ketones (excluding diaryl/α,β-unsaturated/α-hetero) is 1. The lowest BCUT2D eigenvalue weighted by atomic mass is 10.2. The molecular formula is C14H19N3OS. The Morgan fingerprint density at radius 1 is 1.42 bits per heavy atom. The van der Waals surface area contributed by atoms with Crippen LogP contribution in [-0.2, 0) is 6.42 Å². The summed E-state index contributed by atoms with van der Waals surface area (Å²) >= 11 is 1.50. The second-order valence-corrected chi connectivity index (χ2v) is 5.67. The van der Waals surface area contributed by atoms with Gasteiger partial charge in [0.1, 0.15) is 5.69 Å². The molecule has 0 spiro atoms. The summed E-state index contributed by atoms with van der Waals surface area (Å²) in [6.07, 6.45) is 4.40. The molecule has 2 aromatic rings. The molecule has 5 heteroatoms. The third-order valence-corrected chi connectivity index (χ3v) is 4.00. The van der Waals surface area contributed by atoms with Crippen LogP contribution < -0.4 is 0 Å². The van der Waals surface area contributed by atoms with Crippen LogP contribution in [0.3, 0.4) is 0 Å². The summed E-state index contributed by atoms with van der Waals surface area (Å²) in [5.41, 5.74) is 1.38. The molecule has 102 valence electrons. The van der Waals surface area contributed by atoms with Gasteiger partial charge in [-0.15, -0.1) is 11.3 Å². The smallest absolute Gasteiger partial charge is 0.188 e. The highest BCUT2D eigenvalue weighted by Gasteiger charge is 2.13. The average molecular weight is 277 g/mol. The number of hydrogen-bond acceptors (Lipinski definition) is 4. The molecular weight excluding hydrogens is 258 g/mol. The molecule has 2 heterocycles. The number of hydrogen-bond donors (Lipinski definition) is 0. The first-order valence-electron chi connectivity index (χ1n) is 6.63. The molecule has 19 heavy (non-hydrogen) atoms. The van der Waals surface area contributed by atoms with Crippen molar-refractivity contribution in [3.8, 4) is 0 Å². The molecule has 0 radical (unpaired) electrons. The minimum atomic E-state index is 0.0409. The van der Waals surface area contributed by atoms with E-state index in [4.69, 9.17) is 0 Å². The third-order valence-electron chi connectivity index (χ3n) is 3.23. The second kappa shape index (κ2) is 6.10. The quantitative estimate of drug-likeness (QED) is 0.760. The van der Waals surface area contributed by atoms with Gasteiger partial charge in [0.2, 0.25) is 0 Å². The minimum Gasteiger partial charge on any atom is -0.292 e. The highest BCUT2D eigenvalue weighted by atomic mass is 32.1. The van der Waals surface area contributed by atoms with E-state index in [0.29, 0.717) is 18.2 Å². The zero-order chi connectivity index (χ0) is 13.8. The lowest BCUT2D eigenvalue weighted by Gasteiger charge is -2.12. The van der Waals surface area contributed by atoms with Gasteiger partial charge < -0.3 is 0 Å². The lowest BCUT2D eigenvalue weighted by molar-refractivity contribution is 0.0987. The predicted octanol–water partition coefficient (Wildman–Crippen LogP) is 3.43. The summed E-state index contributed by atoms with van der Waals surface area (Å²) in [6.45, 7) is 6.21. The molecule has 2 rings (SSSR count). The Balaban J connectivity index is 2.06. The van der Waals surface area contributed by atoms with Crippen LogP contribution in [0.5, 0.6) is 0 Å². The maximum Gasteiger partial charge on any atom is 0.188 e. The van der Waals surface area contributed by atoms with Crippen molar-refractivity contribution in [2.24, 2.45) is 0 Å². The fraction of sp³-hybridized carbons (Fsp3) is 0.500. The van der Waals surface area contributed by atoms with Crippen LogP contribution in [0.2, 0.25) is 0 Å². The molecule has 0 bridgehead atoms. The molecule has 0 saturated heterocycles. The van der Waals surface area contributed by atoms with Crippen LogP contribution in [0.25, 0.3) is 0 Å². The van der Waals surface area contributed by atoms with E-state index >= 15 is 0 Å². The van der Waals surface area contributed by atoms with E-state index in [0.717, 1.165) is 23.5 Å². The van der Waals surface area contributed by atoms with Gasteiger partial charge in [-0.25, -0.2) is 4.98 Å². The first kappa shape index (κ1) is 13.9. The van der Waals surface area contributed by atoms with Crippen molar-refractivity contribution in [2.75, 3.05) is 0 Å². The van der Waals surface area contributed by atoms with Crippen LogP contribution in [0.15, 0.2) is 17.6 Å².